The number of para-hydroxylation sites is 1. The van der Waals surface area contributed by atoms with Crippen molar-refractivity contribution in [3.63, 3.8) is 0 Å². The number of anilines is 1. The number of benzene rings is 1. The van der Waals surface area contributed by atoms with E-state index in [1.165, 1.54) is 5.56 Å². The van der Waals surface area contributed by atoms with Crippen LogP contribution in [0.2, 0.25) is 0 Å². The van der Waals surface area contributed by atoms with Gasteiger partial charge in [-0.25, -0.2) is 0 Å². The lowest BCUT2D eigenvalue weighted by molar-refractivity contribution is -0.132. The van der Waals surface area contributed by atoms with E-state index in [0.717, 1.165) is 51.4 Å². The standard InChI is InChI=1S/C16H22N2O2/c19-16-5-8-17-15-4-2-1-3-14(15)12-18(16)11-13-6-9-20-10-7-13/h1-4,13,17H,5-12H2. The minimum Gasteiger partial charge on any atom is -0.384 e. The van der Waals surface area contributed by atoms with Crippen LogP contribution in [0.1, 0.15) is 24.8 Å². The number of ether oxygens (including phenoxy) is 1. The number of rotatable bonds is 2. The van der Waals surface area contributed by atoms with E-state index in [2.05, 4.69) is 17.4 Å². The molecule has 1 aromatic rings. The van der Waals surface area contributed by atoms with Crippen LogP contribution in [-0.2, 0) is 16.1 Å². The van der Waals surface area contributed by atoms with Gasteiger partial charge in [0.05, 0.1) is 0 Å². The smallest absolute Gasteiger partial charge is 0.224 e. The number of hydrogen-bond acceptors (Lipinski definition) is 3. The highest BCUT2D eigenvalue weighted by Gasteiger charge is 2.23. The fourth-order valence-corrected chi connectivity index (χ4v) is 2.99. The molecule has 3 rings (SSSR count). The van der Waals surface area contributed by atoms with E-state index in [9.17, 15) is 4.79 Å². The predicted molar refractivity (Wildman–Crippen MR) is 78.5 cm³/mol. The summed E-state index contributed by atoms with van der Waals surface area (Å²) >= 11 is 0. The zero-order chi connectivity index (χ0) is 13.8. The molecular formula is C16H22N2O2. The number of fused-ring (bicyclic) bond motifs is 1. The number of hydrogen-bond donors (Lipinski definition) is 1. The fraction of sp³-hybridized carbons (Fsp3) is 0.562. The molecule has 2 aliphatic heterocycles. The molecule has 4 nitrogen and oxygen atoms in total. The Morgan fingerprint density at radius 1 is 1.25 bits per heavy atom. The lowest BCUT2D eigenvalue weighted by atomic mass is 9.99. The molecule has 1 saturated heterocycles. The topological polar surface area (TPSA) is 41.6 Å². The van der Waals surface area contributed by atoms with Gasteiger partial charge in [0.1, 0.15) is 0 Å². The van der Waals surface area contributed by atoms with Gasteiger partial charge >= 0.3 is 0 Å². The quantitative estimate of drug-likeness (QED) is 0.899. The maximum atomic E-state index is 12.3. The Balaban J connectivity index is 1.73. The van der Waals surface area contributed by atoms with Crippen molar-refractivity contribution in [1.29, 1.82) is 0 Å². The van der Waals surface area contributed by atoms with Crippen molar-refractivity contribution in [3.8, 4) is 0 Å². The Morgan fingerprint density at radius 2 is 2.05 bits per heavy atom. The van der Waals surface area contributed by atoms with E-state index in [1.54, 1.807) is 0 Å². The summed E-state index contributed by atoms with van der Waals surface area (Å²) in [6.45, 7) is 3.99. The first-order chi connectivity index (χ1) is 9.83. The van der Waals surface area contributed by atoms with Crippen LogP contribution >= 0.6 is 0 Å². The second-order valence-electron chi connectivity index (χ2n) is 5.66. The molecule has 0 saturated carbocycles. The van der Waals surface area contributed by atoms with E-state index in [4.69, 9.17) is 4.74 Å². The van der Waals surface area contributed by atoms with E-state index < -0.39 is 0 Å². The van der Waals surface area contributed by atoms with E-state index >= 15 is 0 Å². The Labute approximate surface area is 120 Å². The molecule has 0 spiro atoms. The number of carbonyl (C=O) groups is 1. The van der Waals surface area contributed by atoms with Crippen molar-refractivity contribution >= 4 is 11.6 Å². The Hall–Kier alpha value is -1.55. The highest BCUT2D eigenvalue weighted by Crippen LogP contribution is 2.23. The molecule has 0 radical (unpaired) electrons. The van der Waals surface area contributed by atoms with Gasteiger partial charge in [0, 0.05) is 45.0 Å². The van der Waals surface area contributed by atoms with Crippen molar-refractivity contribution in [2.24, 2.45) is 5.92 Å². The van der Waals surface area contributed by atoms with E-state index in [1.807, 2.05) is 17.0 Å². The summed E-state index contributed by atoms with van der Waals surface area (Å²) in [6.07, 6.45) is 2.73. The zero-order valence-electron chi connectivity index (χ0n) is 11.8. The van der Waals surface area contributed by atoms with Gasteiger partial charge in [-0.1, -0.05) is 18.2 Å². The fourth-order valence-electron chi connectivity index (χ4n) is 2.99. The first kappa shape index (κ1) is 13.4. The van der Waals surface area contributed by atoms with Gasteiger partial charge < -0.3 is 15.0 Å². The highest BCUT2D eigenvalue weighted by atomic mass is 16.5. The summed E-state index contributed by atoms with van der Waals surface area (Å²) in [5, 5.41) is 3.35. The SMILES string of the molecule is O=C1CCNc2ccccc2CN1CC1CCOCC1. The van der Waals surface area contributed by atoms with Gasteiger partial charge in [-0.3, -0.25) is 4.79 Å². The third-order valence-electron chi connectivity index (χ3n) is 4.21. The molecule has 0 aliphatic carbocycles. The first-order valence-corrected chi connectivity index (χ1v) is 7.50. The molecule has 20 heavy (non-hydrogen) atoms. The second-order valence-corrected chi connectivity index (χ2v) is 5.66. The van der Waals surface area contributed by atoms with Crippen LogP contribution in [0.25, 0.3) is 0 Å². The van der Waals surface area contributed by atoms with Crippen LogP contribution in [-0.4, -0.2) is 37.1 Å². The van der Waals surface area contributed by atoms with Crippen LogP contribution in [0, 0.1) is 5.92 Å². The molecule has 0 aromatic heterocycles. The molecule has 1 N–H and O–H groups in total. The summed E-state index contributed by atoms with van der Waals surface area (Å²) in [4.78, 5) is 14.3. The van der Waals surface area contributed by atoms with Gasteiger partial charge in [0.2, 0.25) is 5.91 Å². The molecular weight excluding hydrogens is 252 g/mol. The first-order valence-electron chi connectivity index (χ1n) is 7.50. The monoisotopic (exact) mass is 274 g/mol. The minimum atomic E-state index is 0.262. The number of nitrogens with zero attached hydrogens (tertiary/aromatic N) is 1. The summed E-state index contributed by atoms with van der Waals surface area (Å²) in [6, 6.07) is 8.28. The average Bonchev–Trinajstić information content (AvgIpc) is 2.47. The molecule has 1 aromatic carbocycles. The third kappa shape index (κ3) is 3.12. The third-order valence-corrected chi connectivity index (χ3v) is 4.21. The molecule has 108 valence electrons. The molecule has 2 aliphatic rings. The maximum Gasteiger partial charge on any atom is 0.224 e. The largest absolute Gasteiger partial charge is 0.384 e. The summed E-state index contributed by atoms with van der Waals surface area (Å²) in [5.41, 5.74) is 2.38. The molecule has 2 heterocycles. The number of amides is 1. The van der Waals surface area contributed by atoms with Crippen molar-refractivity contribution in [2.75, 3.05) is 31.6 Å². The summed E-state index contributed by atoms with van der Waals surface area (Å²) in [5.74, 6) is 0.853. The van der Waals surface area contributed by atoms with Crippen LogP contribution in [0.5, 0.6) is 0 Å². The van der Waals surface area contributed by atoms with Crippen molar-refractivity contribution < 1.29 is 9.53 Å². The van der Waals surface area contributed by atoms with Crippen molar-refractivity contribution in [3.05, 3.63) is 29.8 Å². The lowest BCUT2D eigenvalue weighted by Gasteiger charge is -2.32. The van der Waals surface area contributed by atoms with Crippen LogP contribution in [0.15, 0.2) is 24.3 Å². The van der Waals surface area contributed by atoms with E-state index in [0.29, 0.717) is 12.3 Å². The van der Waals surface area contributed by atoms with E-state index in [-0.39, 0.29) is 5.91 Å². The Morgan fingerprint density at radius 3 is 2.90 bits per heavy atom. The zero-order valence-corrected chi connectivity index (χ0v) is 11.8. The van der Waals surface area contributed by atoms with Gasteiger partial charge in [-0.15, -0.1) is 0 Å². The molecule has 1 fully saturated rings. The highest BCUT2D eigenvalue weighted by molar-refractivity contribution is 5.77. The molecule has 1 amide bonds. The molecule has 0 unspecified atom stereocenters. The van der Waals surface area contributed by atoms with Gasteiger partial charge in [-0.05, 0) is 30.4 Å². The normalized spacial score (nSPS) is 20.8. The summed E-state index contributed by atoms with van der Waals surface area (Å²) in [7, 11) is 0. The van der Waals surface area contributed by atoms with Crippen LogP contribution < -0.4 is 5.32 Å². The minimum absolute atomic E-state index is 0.262. The number of carbonyl (C=O) groups excluding carboxylic acids is 1. The van der Waals surface area contributed by atoms with Gasteiger partial charge in [-0.2, -0.15) is 0 Å². The second kappa shape index (κ2) is 6.27. The van der Waals surface area contributed by atoms with Crippen molar-refractivity contribution in [1.82, 2.24) is 4.90 Å². The maximum absolute atomic E-state index is 12.3. The van der Waals surface area contributed by atoms with Gasteiger partial charge in [0.15, 0.2) is 0 Å². The molecule has 0 bridgehead atoms. The number of nitrogens with one attached hydrogen (secondary N) is 1. The molecule has 4 heteroatoms. The van der Waals surface area contributed by atoms with Crippen LogP contribution in [0.3, 0.4) is 0 Å². The Bertz CT molecular complexity index is 469. The Kier molecular flexibility index (Phi) is 4.21. The molecule has 0 atom stereocenters. The lowest BCUT2D eigenvalue weighted by Crippen LogP contribution is -2.38. The predicted octanol–water partition coefficient (Wildman–Crippen LogP) is 2.26. The summed E-state index contributed by atoms with van der Waals surface area (Å²) < 4.78 is 5.40. The van der Waals surface area contributed by atoms with Crippen LogP contribution in [0.4, 0.5) is 5.69 Å². The average molecular weight is 274 g/mol. The van der Waals surface area contributed by atoms with Crippen molar-refractivity contribution in [2.45, 2.75) is 25.8 Å². The van der Waals surface area contributed by atoms with Gasteiger partial charge in [0.25, 0.3) is 0 Å².